The molecule has 9 rings (SSSR count). The molecule has 0 saturated carbocycles. The molecule has 7 aromatic carbocycles. The molecule has 0 N–H and O–H groups in total. The van der Waals surface area contributed by atoms with Gasteiger partial charge in [-0.2, -0.15) is 0 Å². The van der Waals surface area contributed by atoms with E-state index in [1.165, 1.54) is 27.1 Å². The molecular formula is C39H24N2O. The molecule has 0 aliphatic rings. The molecule has 0 spiro atoms. The maximum atomic E-state index is 6.59. The molecular weight excluding hydrogens is 512 g/mol. The van der Waals surface area contributed by atoms with Crippen molar-refractivity contribution in [2.24, 2.45) is 0 Å². The predicted octanol–water partition coefficient (Wildman–Crippen LogP) is 10.6. The van der Waals surface area contributed by atoms with Gasteiger partial charge in [0.1, 0.15) is 17.0 Å². The second-order valence-electron chi connectivity index (χ2n) is 10.8. The molecule has 3 nitrogen and oxygen atoms in total. The fourth-order valence-electron chi connectivity index (χ4n) is 6.53. The van der Waals surface area contributed by atoms with Gasteiger partial charge in [0.05, 0.1) is 11.0 Å². The first-order valence-corrected chi connectivity index (χ1v) is 14.2. The third kappa shape index (κ3) is 3.37. The largest absolute Gasteiger partial charge is 0.456 e. The average Bonchev–Trinajstić information content (AvgIpc) is 3.38. The lowest BCUT2D eigenvalue weighted by atomic mass is 9.94. The van der Waals surface area contributed by atoms with Crippen molar-refractivity contribution in [3.8, 4) is 28.2 Å². The van der Waals surface area contributed by atoms with Crippen molar-refractivity contribution >= 4 is 54.5 Å². The van der Waals surface area contributed by atoms with Crippen LogP contribution in [-0.2, 0) is 0 Å². The van der Waals surface area contributed by atoms with Gasteiger partial charge < -0.3 is 4.42 Å². The number of nitrogens with zero attached hydrogens (tertiary/aromatic N) is 2. The third-order valence-electron chi connectivity index (χ3n) is 8.41. The van der Waals surface area contributed by atoms with Crippen LogP contribution in [0.2, 0.25) is 0 Å². The summed E-state index contributed by atoms with van der Waals surface area (Å²) < 4.78 is 8.84. The molecule has 0 atom stereocenters. The molecule has 0 fully saturated rings. The van der Waals surface area contributed by atoms with Crippen LogP contribution >= 0.6 is 0 Å². The monoisotopic (exact) mass is 536 g/mol. The minimum absolute atomic E-state index is 0.891. The van der Waals surface area contributed by atoms with Gasteiger partial charge in [0.25, 0.3) is 0 Å². The Morgan fingerprint density at radius 1 is 0.476 bits per heavy atom. The van der Waals surface area contributed by atoms with Crippen LogP contribution in [0.5, 0.6) is 0 Å². The van der Waals surface area contributed by atoms with Gasteiger partial charge in [0.2, 0.25) is 0 Å². The lowest BCUT2D eigenvalue weighted by molar-refractivity contribution is 0.664. The van der Waals surface area contributed by atoms with Gasteiger partial charge in [-0.25, -0.2) is 4.98 Å². The highest BCUT2D eigenvalue weighted by atomic mass is 16.3. The molecule has 0 amide bonds. The fraction of sp³-hybridized carbons (Fsp3) is 0. The third-order valence-corrected chi connectivity index (χ3v) is 8.41. The van der Waals surface area contributed by atoms with Gasteiger partial charge in [-0.3, -0.25) is 4.57 Å². The summed E-state index contributed by atoms with van der Waals surface area (Å²) in [5, 5.41) is 7.09. The Balaban J connectivity index is 1.25. The van der Waals surface area contributed by atoms with Crippen molar-refractivity contribution in [1.29, 1.82) is 0 Å². The summed E-state index contributed by atoms with van der Waals surface area (Å²) in [6.07, 6.45) is 0. The highest BCUT2D eigenvalue weighted by molar-refractivity contribution is 6.24. The zero-order chi connectivity index (χ0) is 27.6. The van der Waals surface area contributed by atoms with E-state index in [2.05, 4.69) is 138 Å². The maximum absolute atomic E-state index is 6.59. The summed E-state index contributed by atoms with van der Waals surface area (Å²) in [7, 11) is 0. The van der Waals surface area contributed by atoms with Crippen molar-refractivity contribution in [3.63, 3.8) is 0 Å². The average molecular weight is 537 g/mol. The van der Waals surface area contributed by atoms with Crippen LogP contribution in [0.4, 0.5) is 0 Å². The molecule has 42 heavy (non-hydrogen) atoms. The van der Waals surface area contributed by atoms with E-state index in [0.717, 1.165) is 55.6 Å². The van der Waals surface area contributed by atoms with Gasteiger partial charge in [0.15, 0.2) is 0 Å². The van der Waals surface area contributed by atoms with E-state index in [0.29, 0.717) is 0 Å². The Labute approximate surface area is 241 Å². The summed E-state index contributed by atoms with van der Waals surface area (Å²) in [4.78, 5) is 5.01. The second-order valence-corrected chi connectivity index (χ2v) is 10.8. The van der Waals surface area contributed by atoms with E-state index in [1.807, 2.05) is 12.1 Å². The van der Waals surface area contributed by atoms with Crippen molar-refractivity contribution in [2.45, 2.75) is 0 Å². The van der Waals surface area contributed by atoms with Gasteiger partial charge in [-0.15, -0.1) is 0 Å². The molecule has 0 radical (unpaired) electrons. The van der Waals surface area contributed by atoms with E-state index in [4.69, 9.17) is 9.40 Å². The molecule has 0 bridgehead atoms. The van der Waals surface area contributed by atoms with Crippen LogP contribution in [0.1, 0.15) is 0 Å². The first kappa shape index (κ1) is 23.1. The zero-order valence-corrected chi connectivity index (χ0v) is 22.7. The van der Waals surface area contributed by atoms with E-state index in [9.17, 15) is 0 Å². The van der Waals surface area contributed by atoms with Crippen LogP contribution in [0.3, 0.4) is 0 Å². The Bertz CT molecular complexity index is 2440. The number of imidazole rings is 1. The number of fused-ring (bicyclic) bond motifs is 2. The van der Waals surface area contributed by atoms with Crippen molar-refractivity contribution in [3.05, 3.63) is 146 Å². The minimum atomic E-state index is 0.891. The van der Waals surface area contributed by atoms with Crippen LogP contribution in [0.25, 0.3) is 82.7 Å². The maximum Gasteiger partial charge on any atom is 0.145 e. The number of rotatable bonds is 3. The molecule has 0 aliphatic heterocycles. The number of benzene rings is 7. The van der Waals surface area contributed by atoms with Crippen molar-refractivity contribution in [2.75, 3.05) is 0 Å². The number of hydrogen-bond donors (Lipinski definition) is 0. The first-order valence-electron chi connectivity index (χ1n) is 14.2. The molecule has 196 valence electrons. The van der Waals surface area contributed by atoms with E-state index in [-0.39, 0.29) is 0 Å². The molecule has 0 saturated heterocycles. The summed E-state index contributed by atoms with van der Waals surface area (Å²) >= 11 is 0. The van der Waals surface area contributed by atoms with Crippen LogP contribution < -0.4 is 0 Å². The topological polar surface area (TPSA) is 31.0 Å². The number of para-hydroxylation sites is 2. The highest BCUT2D eigenvalue weighted by Crippen LogP contribution is 2.40. The van der Waals surface area contributed by atoms with Crippen LogP contribution in [0.15, 0.2) is 150 Å². The summed E-state index contributed by atoms with van der Waals surface area (Å²) in [6, 6.07) is 51.2. The molecule has 0 aliphatic carbocycles. The minimum Gasteiger partial charge on any atom is -0.456 e. The quantitative estimate of drug-likeness (QED) is 0.225. The summed E-state index contributed by atoms with van der Waals surface area (Å²) in [5.41, 5.74) is 8.38. The number of hydrogen-bond acceptors (Lipinski definition) is 2. The highest BCUT2D eigenvalue weighted by Gasteiger charge is 2.16. The van der Waals surface area contributed by atoms with Gasteiger partial charge in [0, 0.05) is 22.0 Å². The zero-order valence-electron chi connectivity index (χ0n) is 22.7. The van der Waals surface area contributed by atoms with Gasteiger partial charge in [-0.1, -0.05) is 109 Å². The molecule has 2 aromatic heterocycles. The van der Waals surface area contributed by atoms with Crippen molar-refractivity contribution in [1.82, 2.24) is 9.55 Å². The fourth-order valence-corrected chi connectivity index (χ4v) is 6.53. The molecule has 2 heterocycles. The molecule has 0 unspecified atom stereocenters. The normalized spacial score (nSPS) is 11.8. The summed E-state index contributed by atoms with van der Waals surface area (Å²) in [6.45, 7) is 0. The Morgan fingerprint density at radius 2 is 1.17 bits per heavy atom. The lowest BCUT2D eigenvalue weighted by Crippen LogP contribution is -1.97. The molecule has 3 heteroatoms. The second kappa shape index (κ2) is 8.92. The van der Waals surface area contributed by atoms with Crippen LogP contribution in [0, 0.1) is 0 Å². The van der Waals surface area contributed by atoms with E-state index < -0.39 is 0 Å². The van der Waals surface area contributed by atoms with Crippen molar-refractivity contribution < 1.29 is 4.42 Å². The number of aromatic nitrogens is 2. The van der Waals surface area contributed by atoms with Gasteiger partial charge in [-0.05, 0) is 69.1 Å². The smallest absolute Gasteiger partial charge is 0.145 e. The Kier molecular flexibility index (Phi) is 4.90. The molecule has 9 aromatic rings. The SMILES string of the molecule is c1ccc(-c2nc3ccccc3n2-c2ccc(-c3ccc4oc5cccc6cccc(c7cccc3c47)c65)cc2)cc1. The van der Waals surface area contributed by atoms with Crippen LogP contribution in [-0.4, -0.2) is 9.55 Å². The standard InChI is InChI=1S/C39H24N2O/c1-2-9-27(10-3-1)39-40-33-16-4-5-17-34(33)41(39)28-21-19-25(20-22-28)29-23-24-36-38-30(29)14-8-15-32(38)31-13-6-11-26-12-7-18-35(42-36)37(26)31/h1-24H. The summed E-state index contributed by atoms with van der Waals surface area (Å²) in [5.74, 6) is 0.938. The van der Waals surface area contributed by atoms with Gasteiger partial charge >= 0.3 is 0 Å². The van der Waals surface area contributed by atoms with E-state index >= 15 is 0 Å². The first-order chi connectivity index (χ1) is 20.8. The van der Waals surface area contributed by atoms with E-state index in [1.54, 1.807) is 0 Å². The lowest BCUT2D eigenvalue weighted by Gasteiger charge is -2.12. The Hall–Kier alpha value is -5.67. The predicted molar refractivity (Wildman–Crippen MR) is 174 cm³/mol. The Morgan fingerprint density at radius 3 is 2.02 bits per heavy atom.